The maximum absolute atomic E-state index is 12.1. The first-order valence-electron chi connectivity index (χ1n) is 6.01. The Balaban J connectivity index is 1.79. The van der Waals surface area contributed by atoms with E-state index in [1.807, 2.05) is 0 Å². The Morgan fingerprint density at radius 2 is 2.28 bits per heavy atom. The van der Waals surface area contributed by atoms with Gasteiger partial charge in [-0.15, -0.1) is 0 Å². The molecule has 0 aliphatic heterocycles. The van der Waals surface area contributed by atoms with E-state index >= 15 is 0 Å². The molecular formula is C12H13N3O2S. The van der Waals surface area contributed by atoms with Gasteiger partial charge < -0.3 is 9.84 Å². The van der Waals surface area contributed by atoms with Crippen molar-refractivity contribution in [2.24, 2.45) is 0 Å². The molecule has 0 spiro atoms. The molecule has 1 amide bonds. The predicted octanol–water partition coefficient (Wildman–Crippen LogP) is 3.04. The average Bonchev–Trinajstić information content (AvgIpc) is 3.11. The number of anilines is 1. The molecule has 1 aliphatic rings. The van der Waals surface area contributed by atoms with Gasteiger partial charge in [0.25, 0.3) is 5.91 Å². The van der Waals surface area contributed by atoms with Gasteiger partial charge in [-0.1, -0.05) is 18.0 Å². The van der Waals surface area contributed by atoms with Gasteiger partial charge >= 0.3 is 0 Å². The van der Waals surface area contributed by atoms with Crippen molar-refractivity contribution in [1.82, 2.24) is 9.53 Å². The molecule has 1 saturated carbocycles. The lowest BCUT2D eigenvalue weighted by molar-refractivity contribution is 0.102. The Kier molecular flexibility index (Phi) is 3.10. The number of hydrogen-bond acceptors (Lipinski definition) is 5. The fourth-order valence-corrected chi connectivity index (χ4v) is 2.86. The van der Waals surface area contributed by atoms with Gasteiger partial charge in [-0.2, -0.15) is 4.37 Å². The van der Waals surface area contributed by atoms with Gasteiger partial charge in [0, 0.05) is 12.1 Å². The lowest BCUT2D eigenvalue weighted by Gasteiger charge is -2.06. The molecule has 5 nitrogen and oxygen atoms in total. The molecule has 0 aromatic carbocycles. The Hall–Kier alpha value is -1.69. The van der Waals surface area contributed by atoms with Crippen molar-refractivity contribution >= 4 is 22.4 Å². The second-order valence-corrected chi connectivity index (χ2v) is 5.26. The Labute approximate surface area is 108 Å². The summed E-state index contributed by atoms with van der Waals surface area (Å²) in [6.07, 6.45) is 7.68. The molecule has 0 atom stereocenters. The number of nitrogens with zero attached hydrogens (tertiary/aromatic N) is 2. The van der Waals surface area contributed by atoms with Crippen LogP contribution in [0.5, 0.6) is 0 Å². The third kappa shape index (κ3) is 2.15. The van der Waals surface area contributed by atoms with E-state index in [4.69, 9.17) is 4.52 Å². The van der Waals surface area contributed by atoms with Gasteiger partial charge in [0.1, 0.15) is 16.8 Å². The molecule has 0 saturated heterocycles. The maximum Gasteiger partial charge on any atom is 0.261 e. The van der Waals surface area contributed by atoms with Crippen LogP contribution >= 0.6 is 11.5 Å². The smallest absolute Gasteiger partial charge is 0.261 e. The lowest BCUT2D eigenvalue weighted by Crippen LogP contribution is -2.13. The van der Waals surface area contributed by atoms with Crippen LogP contribution in [0.2, 0.25) is 0 Å². The van der Waals surface area contributed by atoms with Gasteiger partial charge in [0.15, 0.2) is 0 Å². The van der Waals surface area contributed by atoms with Gasteiger partial charge in [0.2, 0.25) is 0 Å². The quantitative estimate of drug-likeness (QED) is 0.924. The highest BCUT2D eigenvalue weighted by Gasteiger charge is 2.26. The minimum absolute atomic E-state index is 0.164. The van der Waals surface area contributed by atoms with Crippen LogP contribution in [0.3, 0.4) is 0 Å². The first kappa shape index (κ1) is 11.4. The molecule has 2 heterocycles. The third-order valence-corrected chi connectivity index (χ3v) is 3.92. The fourth-order valence-electron chi connectivity index (χ4n) is 2.37. The van der Waals surface area contributed by atoms with Crippen molar-refractivity contribution in [3.05, 3.63) is 29.8 Å². The summed E-state index contributed by atoms with van der Waals surface area (Å²) < 4.78 is 8.92. The number of hydrogen-bond donors (Lipinski definition) is 1. The van der Waals surface area contributed by atoms with Crippen LogP contribution in [0, 0.1) is 0 Å². The van der Waals surface area contributed by atoms with Crippen molar-refractivity contribution in [3.8, 4) is 0 Å². The minimum Gasteiger partial charge on any atom is -0.364 e. The molecule has 2 aromatic heterocycles. The first-order chi connectivity index (χ1) is 8.84. The molecule has 6 heteroatoms. The number of aromatic nitrogens is 2. The van der Waals surface area contributed by atoms with Gasteiger partial charge in [-0.25, -0.2) is 0 Å². The third-order valence-electron chi connectivity index (χ3n) is 3.26. The lowest BCUT2D eigenvalue weighted by atomic mass is 10.0. The molecule has 94 valence electrons. The summed E-state index contributed by atoms with van der Waals surface area (Å²) in [5.74, 6) is 0.202. The van der Waals surface area contributed by atoms with Crippen molar-refractivity contribution < 1.29 is 9.32 Å². The average molecular weight is 263 g/mol. The number of rotatable bonds is 3. The van der Waals surface area contributed by atoms with E-state index in [9.17, 15) is 4.79 Å². The molecule has 0 radical (unpaired) electrons. The summed E-state index contributed by atoms with van der Waals surface area (Å²) in [6.45, 7) is 0. The monoisotopic (exact) mass is 263 g/mol. The molecule has 0 unspecified atom stereocenters. The summed E-state index contributed by atoms with van der Waals surface area (Å²) >= 11 is 1.25. The highest BCUT2D eigenvalue weighted by atomic mass is 32.1. The van der Waals surface area contributed by atoms with E-state index in [-0.39, 0.29) is 5.91 Å². The molecule has 18 heavy (non-hydrogen) atoms. The Morgan fingerprint density at radius 1 is 1.44 bits per heavy atom. The Morgan fingerprint density at radius 3 is 3.00 bits per heavy atom. The van der Waals surface area contributed by atoms with E-state index < -0.39 is 0 Å². The highest BCUT2D eigenvalue weighted by Crippen LogP contribution is 2.35. The summed E-state index contributed by atoms with van der Waals surface area (Å²) in [5.41, 5.74) is 1.35. The van der Waals surface area contributed by atoms with Crippen LogP contribution in [0.4, 0.5) is 5.00 Å². The molecule has 1 fully saturated rings. The molecule has 1 N–H and O–H groups in total. The van der Waals surface area contributed by atoms with E-state index in [0.29, 0.717) is 11.5 Å². The summed E-state index contributed by atoms with van der Waals surface area (Å²) in [6, 6.07) is 1.77. The van der Waals surface area contributed by atoms with E-state index in [0.717, 1.165) is 23.5 Å². The van der Waals surface area contributed by atoms with E-state index in [1.165, 1.54) is 30.6 Å². The van der Waals surface area contributed by atoms with Crippen LogP contribution in [0.25, 0.3) is 0 Å². The molecular weight excluding hydrogens is 250 g/mol. The van der Waals surface area contributed by atoms with E-state index in [2.05, 4.69) is 14.8 Å². The normalized spacial score (nSPS) is 16.0. The Bertz CT molecular complexity index is 529. The number of nitrogens with one attached hydrogen (secondary N) is 1. The number of carbonyl (C=O) groups excluding carboxylic acids is 1. The van der Waals surface area contributed by atoms with E-state index in [1.54, 1.807) is 12.3 Å². The molecule has 0 bridgehead atoms. The predicted molar refractivity (Wildman–Crippen MR) is 67.8 cm³/mol. The van der Waals surface area contributed by atoms with Crippen molar-refractivity contribution in [2.45, 2.75) is 31.6 Å². The van der Waals surface area contributed by atoms with Gasteiger partial charge in [-0.05, 0) is 30.4 Å². The van der Waals surface area contributed by atoms with Crippen LogP contribution < -0.4 is 5.32 Å². The number of amides is 1. The second kappa shape index (κ2) is 4.89. The zero-order valence-electron chi connectivity index (χ0n) is 9.76. The number of carbonyl (C=O) groups is 1. The van der Waals surface area contributed by atoms with Crippen LogP contribution in [0.1, 0.15) is 47.7 Å². The summed E-state index contributed by atoms with van der Waals surface area (Å²) in [4.78, 5) is 12.1. The molecule has 2 aromatic rings. The van der Waals surface area contributed by atoms with Crippen LogP contribution in [-0.2, 0) is 0 Å². The fraction of sp³-hybridized carbons (Fsp3) is 0.417. The van der Waals surface area contributed by atoms with Crippen LogP contribution in [0.15, 0.2) is 23.0 Å². The van der Waals surface area contributed by atoms with Crippen molar-refractivity contribution in [2.75, 3.05) is 5.32 Å². The second-order valence-electron chi connectivity index (χ2n) is 4.43. The van der Waals surface area contributed by atoms with Crippen molar-refractivity contribution in [3.63, 3.8) is 0 Å². The zero-order chi connectivity index (χ0) is 12.4. The molecule has 1 aliphatic carbocycles. The van der Waals surface area contributed by atoms with Gasteiger partial charge in [0.05, 0.1) is 5.69 Å². The largest absolute Gasteiger partial charge is 0.364 e. The van der Waals surface area contributed by atoms with Crippen molar-refractivity contribution in [1.29, 1.82) is 0 Å². The highest BCUT2D eigenvalue weighted by molar-refractivity contribution is 7.10. The topological polar surface area (TPSA) is 68.0 Å². The van der Waals surface area contributed by atoms with Gasteiger partial charge in [-0.3, -0.25) is 4.79 Å². The minimum atomic E-state index is -0.164. The SMILES string of the molecule is O=C(Nc1ccns1)c1conc1C1CCCC1. The zero-order valence-corrected chi connectivity index (χ0v) is 10.6. The maximum atomic E-state index is 12.1. The summed E-state index contributed by atoms with van der Waals surface area (Å²) in [5, 5.41) is 7.54. The molecule has 3 rings (SSSR count). The van der Waals surface area contributed by atoms with Crippen LogP contribution in [-0.4, -0.2) is 15.4 Å². The first-order valence-corrected chi connectivity index (χ1v) is 6.78. The summed E-state index contributed by atoms with van der Waals surface area (Å²) in [7, 11) is 0. The standard InChI is InChI=1S/C12H13N3O2S/c16-12(14-10-5-6-13-18-10)9-7-17-15-11(9)8-3-1-2-4-8/h5-8H,1-4H2,(H,14,16).